The van der Waals surface area contributed by atoms with Crippen molar-refractivity contribution >= 4 is 0 Å². The minimum atomic E-state index is -4.72. The SMILES string of the molecule is O=c1cc(-c2noc(C(F)(F)F)n2)ccn1Cc1nccn1C1CC1. The number of halogens is 3. The van der Waals surface area contributed by atoms with E-state index < -0.39 is 12.1 Å². The standard InChI is InChI=1S/C15H12F3N5O2/c16-15(17,18)14-20-13(21-25-14)9-3-5-22(12(24)7-9)8-11-19-4-6-23(11)10-1-2-10/h3-7,10H,1-2,8H2. The van der Waals surface area contributed by atoms with Crippen molar-refractivity contribution in [2.75, 3.05) is 0 Å². The predicted octanol–water partition coefficient (Wildman–Crippen LogP) is 2.50. The average Bonchev–Trinajstić information content (AvgIpc) is 3.09. The molecule has 0 spiro atoms. The van der Waals surface area contributed by atoms with E-state index in [0.29, 0.717) is 6.04 Å². The van der Waals surface area contributed by atoms with Crippen molar-refractivity contribution < 1.29 is 17.7 Å². The molecule has 0 N–H and O–H groups in total. The number of alkyl halides is 3. The van der Waals surface area contributed by atoms with E-state index in [1.165, 1.54) is 22.9 Å². The van der Waals surface area contributed by atoms with Gasteiger partial charge in [-0.3, -0.25) is 4.79 Å². The molecule has 0 bridgehead atoms. The molecule has 0 aromatic carbocycles. The van der Waals surface area contributed by atoms with Gasteiger partial charge in [-0.05, 0) is 18.9 Å². The van der Waals surface area contributed by atoms with Gasteiger partial charge in [0, 0.05) is 36.3 Å². The van der Waals surface area contributed by atoms with Crippen LogP contribution in [0, 0.1) is 0 Å². The van der Waals surface area contributed by atoms with Crippen molar-refractivity contribution in [3.63, 3.8) is 0 Å². The Balaban J connectivity index is 1.59. The minimum Gasteiger partial charge on any atom is -0.330 e. The highest BCUT2D eigenvalue weighted by Crippen LogP contribution is 2.35. The van der Waals surface area contributed by atoms with Gasteiger partial charge < -0.3 is 13.7 Å². The van der Waals surface area contributed by atoms with Crippen LogP contribution in [0.25, 0.3) is 11.4 Å². The van der Waals surface area contributed by atoms with E-state index in [-0.39, 0.29) is 23.5 Å². The molecule has 0 amide bonds. The Bertz CT molecular complexity index is 968. The zero-order chi connectivity index (χ0) is 17.6. The Hall–Kier alpha value is -2.91. The van der Waals surface area contributed by atoms with Crippen LogP contribution < -0.4 is 5.56 Å². The van der Waals surface area contributed by atoms with Crippen molar-refractivity contribution in [2.45, 2.75) is 31.6 Å². The van der Waals surface area contributed by atoms with Crippen LogP contribution >= 0.6 is 0 Å². The van der Waals surface area contributed by atoms with Gasteiger partial charge >= 0.3 is 12.1 Å². The Labute approximate surface area is 138 Å². The van der Waals surface area contributed by atoms with E-state index in [2.05, 4.69) is 19.6 Å². The van der Waals surface area contributed by atoms with Crippen molar-refractivity contribution in [3.05, 3.63) is 52.8 Å². The fourth-order valence-electron chi connectivity index (χ4n) is 2.54. The third-order valence-corrected chi connectivity index (χ3v) is 3.92. The fourth-order valence-corrected chi connectivity index (χ4v) is 2.54. The first-order chi connectivity index (χ1) is 11.9. The van der Waals surface area contributed by atoms with Gasteiger partial charge in [-0.2, -0.15) is 18.2 Å². The second-order valence-electron chi connectivity index (χ2n) is 5.78. The lowest BCUT2D eigenvalue weighted by Crippen LogP contribution is -2.21. The summed E-state index contributed by atoms with van der Waals surface area (Å²) in [7, 11) is 0. The molecule has 4 rings (SSSR count). The van der Waals surface area contributed by atoms with E-state index in [9.17, 15) is 18.0 Å². The Morgan fingerprint density at radius 2 is 2.08 bits per heavy atom. The van der Waals surface area contributed by atoms with Crippen LogP contribution in [0.4, 0.5) is 13.2 Å². The summed E-state index contributed by atoms with van der Waals surface area (Å²) in [5, 5.41) is 3.27. The van der Waals surface area contributed by atoms with Crippen molar-refractivity contribution in [2.24, 2.45) is 0 Å². The summed E-state index contributed by atoms with van der Waals surface area (Å²) in [6.07, 6.45) is 2.51. The Morgan fingerprint density at radius 1 is 1.28 bits per heavy atom. The summed E-state index contributed by atoms with van der Waals surface area (Å²) in [4.78, 5) is 19.8. The molecule has 1 aliphatic rings. The van der Waals surface area contributed by atoms with Gasteiger partial charge in [0.2, 0.25) is 5.82 Å². The van der Waals surface area contributed by atoms with Gasteiger partial charge in [-0.1, -0.05) is 5.16 Å². The molecule has 3 aromatic heterocycles. The molecule has 0 aliphatic heterocycles. The van der Waals surface area contributed by atoms with Gasteiger partial charge in [0.15, 0.2) is 0 Å². The van der Waals surface area contributed by atoms with E-state index in [0.717, 1.165) is 18.7 Å². The highest BCUT2D eigenvalue weighted by atomic mass is 19.4. The lowest BCUT2D eigenvalue weighted by molar-refractivity contribution is -0.159. The maximum absolute atomic E-state index is 12.5. The minimum absolute atomic E-state index is 0.158. The van der Waals surface area contributed by atoms with Crippen LogP contribution in [-0.2, 0) is 12.7 Å². The molecule has 1 fully saturated rings. The second kappa shape index (κ2) is 5.57. The van der Waals surface area contributed by atoms with Crippen LogP contribution in [0.1, 0.15) is 30.6 Å². The van der Waals surface area contributed by atoms with Crippen LogP contribution in [0.3, 0.4) is 0 Å². The number of pyridine rings is 1. The maximum Gasteiger partial charge on any atom is 0.471 e. The first-order valence-corrected chi connectivity index (χ1v) is 7.55. The molecule has 3 aromatic rings. The molecule has 0 unspecified atom stereocenters. The normalized spacial score (nSPS) is 14.8. The smallest absolute Gasteiger partial charge is 0.330 e. The second-order valence-corrected chi connectivity index (χ2v) is 5.78. The number of rotatable bonds is 4. The van der Waals surface area contributed by atoms with Crippen molar-refractivity contribution in [3.8, 4) is 11.4 Å². The highest BCUT2D eigenvalue weighted by Gasteiger charge is 2.38. The molecule has 130 valence electrons. The van der Waals surface area contributed by atoms with E-state index in [1.54, 1.807) is 6.20 Å². The van der Waals surface area contributed by atoms with E-state index >= 15 is 0 Å². The molecule has 3 heterocycles. The van der Waals surface area contributed by atoms with Crippen LogP contribution in [0.2, 0.25) is 0 Å². The number of imidazole rings is 1. The number of hydrogen-bond acceptors (Lipinski definition) is 5. The summed E-state index contributed by atoms with van der Waals surface area (Å²) in [6.45, 7) is 0.280. The molecule has 10 heteroatoms. The Kier molecular flexibility index (Phi) is 3.48. The summed E-state index contributed by atoms with van der Waals surface area (Å²) in [6, 6.07) is 3.08. The fraction of sp³-hybridized carbons (Fsp3) is 0.333. The van der Waals surface area contributed by atoms with Gasteiger partial charge in [-0.15, -0.1) is 0 Å². The molecule has 0 atom stereocenters. The van der Waals surface area contributed by atoms with Gasteiger partial charge in [0.1, 0.15) is 5.82 Å². The number of hydrogen-bond donors (Lipinski definition) is 0. The molecule has 0 radical (unpaired) electrons. The van der Waals surface area contributed by atoms with Gasteiger partial charge in [0.05, 0.1) is 6.54 Å². The van der Waals surface area contributed by atoms with Gasteiger partial charge in [-0.25, -0.2) is 4.98 Å². The molecule has 1 aliphatic carbocycles. The van der Waals surface area contributed by atoms with Crippen LogP contribution in [-0.4, -0.2) is 24.3 Å². The highest BCUT2D eigenvalue weighted by molar-refractivity contribution is 5.52. The maximum atomic E-state index is 12.5. The summed E-state index contributed by atoms with van der Waals surface area (Å²) < 4.78 is 45.2. The third kappa shape index (κ3) is 3.06. The molecule has 0 saturated heterocycles. The molecule has 25 heavy (non-hydrogen) atoms. The third-order valence-electron chi connectivity index (χ3n) is 3.92. The monoisotopic (exact) mass is 351 g/mol. The number of nitrogens with zero attached hydrogens (tertiary/aromatic N) is 5. The van der Waals surface area contributed by atoms with Gasteiger partial charge in [0.25, 0.3) is 5.56 Å². The van der Waals surface area contributed by atoms with Crippen LogP contribution in [0.5, 0.6) is 0 Å². The zero-order valence-electron chi connectivity index (χ0n) is 12.8. The average molecular weight is 351 g/mol. The van der Waals surface area contributed by atoms with Crippen molar-refractivity contribution in [1.29, 1.82) is 0 Å². The lowest BCUT2D eigenvalue weighted by Gasteiger charge is -2.08. The molecule has 7 nitrogen and oxygen atoms in total. The quantitative estimate of drug-likeness (QED) is 0.722. The first-order valence-electron chi connectivity index (χ1n) is 7.55. The van der Waals surface area contributed by atoms with Crippen molar-refractivity contribution in [1.82, 2.24) is 24.3 Å². The largest absolute Gasteiger partial charge is 0.471 e. The summed E-state index contributed by atoms with van der Waals surface area (Å²) in [5.41, 5.74) is -0.229. The molecular formula is C15H12F3N5O2. The van der Waals surface area contributed by atoms with E-state index in [4.69, 9.17) is 0 Å². The Morgan fingerprint density at radius 3 is 2.72 bits per heavy atom. The predicted molar refractivity (Wildman–Crippen MR) is 78.6 cm³/mol. The molecule has 1 saturated carbocycles. The molecular weight excluding hydrogens is 339 g/mol. The first kappa shape index (κ1) is 15.6. The summed E-state index contributed by atoms with van der Waals surface area (Å²) in [5.74, 6) is -0.967. The number of aromatic nitrogens is 5. The topological polar surface area (TPSA) is 78.7 Å². The zero-order valence-corrected chi connectivity index (χ0v) is 12.8. The lowest BCUT2D eigenvalue weighted by atomic mass is 10.2. The summed E-state index contributed by atoms with van der Waals surface area (Å²) >= 11 is 0. The van der Waals surface area contributed by atoms with Crippen LogP contribution in [0.15, 0.2) is 40.0 Å². The van der Waals surface area contributed by atoms with E-state index in [1.807, 2.05) is 10.8 Å².